The third kappa shape index (κ3) is 3.05. The van der Waals surface area contributed by atoms with Crippen LogP contribution in [0, 0.1) is 0 Å². The lowest BCUT2D eigenvalue weighted by atomic mass is 10.1. The van der Waals surface area contributed by atoms with Gasteiger partial charge < -0.3 is 9.47 Å². The van der Waals surface area contributed by atoms with Crippen molar-refractivity contribution in [1.29, 1.82) is 0 Å². The van der Waals surface area contributed by atoms with Crippen molar-refractivity contribution in [3.63, 3.8) is 0 Å². The van der Waals surface area contributed by atoms with Crippen LogP contribution in [0.5, 0.6) is 5.75 Å². The van der Waals surface area contributed by atoms with Crippen molar-refractivity contribution in [3.05, 3.63) is 47.2 Å². The fourth-order valence-electron chi connectivity index (χ4n) is 2.83. The van der Waals surface area contributed by atoms with Gasteiger partial charge in [0.1, 0.15) is 10.8 Å². The van der Waals surface area contributed by atoms with E-state index in [0.717, 1.165) is 46.5 Å². The highest BCUT2D eigenvalue weighted by atomic mass is 32.1. The predicted octanol–water partition coefficient (Wildman–Crippen LogP) is 2.96. The summed E-state index contributed by atoms with van der Waals surface area (Å²) < 4.78 is 12.7. The minimum absolute atomic E-state index is 0.379. The van der Waals surface area contributed by atoms with Crippen LogP contribution >= 0.6 is 11.3 Å². The van der Waals surface area contributed by atoms with Gasteiger partial charge in [0.25, 0.3) is 0 Å². The molecule has 6 nitrogen and oxygen atoms in total. The molecule has 0 bridgehead atoms. The Balaban J connectivity index is 1.51. The molecule has 1 aliphatic rings. The lowest BCUT2D eigenvalue weighted by Crippen LogP contribution is -1.99. The second kappa shape index (κ2) is 6.70. The first-order valence-corrected chi connectivity index (χ1v) is 8.71. The Bertz CT molecular complexity index is 823. The van der Waals surface area contributed by atoms with E-state index in [9.17, 15) is 0 Å². The fraction of sp³-hybridized carbons (Fsp3) is 0.353. The smallest absolute Gasteiger partial charge is 0.129 e. The van der Waals surface area contributed by atoms with E-state index in [1.165, 1.54) is 0 Å². The number of hydrogen-bond acceptors (Lipinski definition) is 6. The standard InChI is InChI=1S/C17H18N4O2S/c1-22-16-5-3-2-4-14(16)17-18-8-13(24-17)9-21-10-15(19-20-21)12-6-7-23-11-12/h2-5,8,10,12H,6-7,9,11H2,1H3. The molecule has 7 heteroatoms. The predicted molar refractivity (Wildman–Crippen MR) is 91.4 cm³/mol. The van der Waals surface area contributed by atoms with E-state index < -0.39 is 0 Å². The maximum Gasteiger partial charge on any atom is 0.129 e. The highest BCUT2D eigenvalue weighted by Crippen LogP contribution is 2.33. The zero-order chi connectivity index (χ0) is 16.4. The SMILES string of the molecule is COc1ccccc1-c1ncc(Cn2cc(C3CCOC3)nn2)s1. The normalized spacial score (nSPS) is 17.3. The number of rotatable bonds is 5. The van der Waals surface area contributed by atoms with Gasteiger partial charge in [0, 0.05) is 29.8 Å². The van der Waals surface area contributed by atoms with Crippen LogP contribution in [0.25, 0.3) is 10.6 Å². The average Bonchev–Trinajstić information content (AvgIpc) is 3.36. The summed E-state index contributed by atoms with van der Waals surface area (Å²) in [4.78, 5) is 5.67. The van der Waals surface area contributed by atoms with Crippen LogP contribution in [0.15, 0.2) is 36.7 Å². The van der Waals surface area contributed by atoms with Crippen LogP contribution < -0.4 is 4.74 Å². The Morgan fingerprint density at radius 2 is 2.29 bits per heavy atom. The molecule has 2 aromatic heterocycles. The molecule has 0 spiro atoms. The fourth-order valence-corrected chi connectivity index (χ4v) is 3.77. The molecule has 0 aliphatic carbocycles. The largest absolute Gasteiger partial charge is 0.496 e. The van der Waals surface area contributed by atoms with Gasteiger partial charge in [-0.05, 0) is 18.6 Å². The topological polar surface area (TPSA) is 62.1 Å². The van der Waals surface area contributed by atoms with Gasteiger partial charge in [-0.3, -0.25) is 0 Å². The van der Waals surface area contributed by atoms with E-state index in [0.29, 0.717) is 12.5 Å². The molecule has 1 unspecified atom stereocenters. The molecule has 0 radical (unpaired) electrons. The number of para-hydroxylation sites is 1. The Labute approximate surface area is 144 Å². The van der Waals surface area contributed by atoms with Crippen molar-refractivity contribution in [3.8, 4) is 16.3 Å². The molecule has 0 saturated carbocycles. The van der Waals surface area contributed by atoms with E-state index in [4.69, 9.17) is 9.47 Å². The summed E-state index contributed by atoms with van der Waals surface area (Å²) in [7, 11) is 1.68. The number of thiazole rings is 1. The van der Waals surface area contributed by atoms with Crippen molar-refractivity contribution in [2.45, 2.75) is 18.9 Å². The average molecular weight is 342 g/mol. The molecule has 1 saturated heterocycles. The lowest BCUT2D eigenvalue weighted by Gasteiger charge is -2.04. The molecule has 1 aliphatic heterocycles. The highest BCUT2D eigenvalue weighted by Gasteiger charge is 2.21. The zero-order valence-corrected chi connectivity index (χ0v) is 14.2. The van der Waals surface area contributed by atoms with Crippen LogP contribution in [-0.4, -0.2) is 40.3 Å². The molecular weight excluding hydrogens is 324 g/mol. The lowest BCUT2D eigenvalue weighted by molar-refractivity contribution is 0.193. The van der Waals surface area contributed by atoms with Crippen molar-refractivity contribution in [2.75, 3.05) is 20.3 Å². The summed E-state index contributed by atoms with van der Waals surface area (Å²) in [5, 5.41) is 9.47. The number of hydrogen-bond donors (Lipinski definition) is 0. The van der Waals surface area contributed by atoms with Crippen molar-refractivity contribution < 1.29 is 9.47 Å². The maximum atomic E-state index is 5.42. The molecule has 124 valence electrons. The summed E-state index contributed by atoms with van der Waals surface area (Å²) in [6, 6.07) is 7.92. The van der Waals surface area contributed by atoms with Gasteiger partial charge in [-0.1, -0.05) is 17.3 Å². The van der Waals surface area contributed by atoms with Gasteiger partial charge in [0.2, 0.25) is 0 Å². The quantitative estimate of drug-likeness (QED) is 0.713. The molecular formula is C17H18N4O2S. The molecule has 1 atom stereocenters. The maximum absolute atomic E-state index is 5.42. The molecule has 24 heavy (non-hydrogen) atoms. The first-order chi connectivity index (χ1) is 11.8. The summed E-state index contributed by atoms with van der Waals surface area (Å²) in [5.41, 5.74) is 2.03. The van der Waals surface area contributed by atoms with E-state index in [1.807, 2.05) is 41.3 Å². The molecule has 1 fully saturated rings. The number of nitrogens with zero attached hydrogens (tertiary/aromatic N) is 4. The monoisotopic (exact) mass is 342 g/mol. The highest BCUT2D eigenvalue weighted by molar-refractivity contribution is 7.15. The van der Waals surface area contributed by atoms with E-state index >= 15 is 0 Å². The van der Waals surface area contributed by atoms with Crippen LogP contribution in [0.3, 0.4) is 0 Å². The van der Waals surface area contributed by atoms with Crippen LogP contribution in [0.1, 0.15) is 22.9 Å². The second-order valence-corrected chi connectivity index (χ2v) is 6.85. The Morgan fingerprint density at radius 1 is 1.38 bits per heavy atom. The van der Waals surface area contributed by atoms with Gasteiger partial charge in [0.05, 0.1) is 31.5 Å². The van der Waals surface area contributed by atoms with Crippen molar-refractivity contribution in [1.82, 2.24) is 20.0 Å². The Kier molecular flexibility index (Phi) is 4.27. The molecule has 1 aromatic carbocycles. The zero-order valence-electron chi connectivity index (χ0n) is 13.4. The summed E-state index contributed by atoms with van der Waals surface area (Å²) >= 11 is 1.65. The van der Waals surface area contributed by atoms with Crippen LogP contribution in [0.4, 0.5) is 0 Å². The first-order valence-electron chi connectivity index (χ1n) is 7.89. The number of aromatic nitrogens is 4. The van der Waals surface area contributed by atoms with Crippen LogP contribution in [0.2, 0.25) is 0 Å². The summed E-state index contributed by atoms with van der Waals surface area (Å²) in [6.07, 6.45) is 4.94. The third-order valence-corrected chi connectivity index (χ3v) is 5.13. The molecule has 3 aromatic rings. The van der Waals surface area contributed by atoms with E-state index in [1.54, 1.807) is 18.4 Å². The second-order valence-electron chi connectivity index (χ2n) is 5.73. The van der Waals surface area contributed by atoms with Gasteiger partial charge in [0.15, 0.2) is 0 Å². The van der Waals surface area contributed by atoms with Gasteiger partial charge in [-0.2, -0.15) is 0 Å². The van der Waals surface area contributed by atoms with Gasteiger partial charge in [-0.15, -0.1) is 16.4 Å². The Morgan fingerprint density at radius 3 is 3.12 bits per heavy atom. The molecule has 0 N–H and O–H groups in total. The van der Waals surface area contributed by atoms with Crippen molar-refractivity contribution >= 4 is 11.3 Å². The number of ether oxygens (including phenoxy) is 2. The molecule has 4 rings (SSSR count). The Hall–Kier alpha value is -2.25. The van der Waals surface area contributed by atoms with Crippen molar-refractivity contribution in [2.24, 2.45) is 0 Å². The third-order valence-electron chi connectivity index (χ3n) is 4.11. The minimum Gasteiger partial charge on any atom is -0.496 e. The van der Waals surface area contributed by atoms with E-state index in [-0.39, 0.29) is 0 Å². The van der Waals surface area contributed by atoms with Gasteiger partial charge >= 0.3 is 0 Å². The summed E-state index contributed by atoms with van der Waals surface area (Å²) in [6.45, 7) is 2.24. The first kappa shape index (κ1) is 15.3. The number of methoxy groups -OCH3 is 1. The molecule has 0 amide bonds. The van der Waals surface area contributed by atoms with Crippen LogP contribution in [-0.2, 0) is 11.3 Å². The summed E-state index contributed by atoms with van der Waals surface area (Å²) in [5.74, 6) is 1.21. The molecule has 3 heterocycles. The van der Waals surface area contributed by atoms with Gasteiger partial charge in [-0.25, -0.2) is 9.67 Å². The van der Waals surface area contributed by atoms with E-state index in [2.05, 4.69) is 15.3 Å². The number of benzene rings is 1. The minimum atomic E-state index is 0.379.